The van der Waals surface area contributed by atoms with E-state index in [-0.39, 0.29) is 5.91 Å². The van der Waals surface area contributed by atoms with Crippen LogP contribution in [0.2, 0.25) is 0 Å². The second-order valence-corrected chi connectivity index (χ2v) is 4.58. The lowest BCUT2D eigenvalue weighted by Crippen LogP contribution is -2.39. The number of anilines is 1. The monoisotopic (exact) mass is 273 g/mol. The minimum absolute atomic E-state index is 0.134. The van der Waals surface area contributed by atoms with Crippen LogP contribution in [0.1, 0.15) is 19.8 Å². The highest BCUT2D eigenvalue weighted by Gasteiger charge is 2.38. The van der Waals surface area contributed by atoms with Crippen molar-refractivity contribution < 1.29 is 9.53 Å². The van der Waals surface area contributed by atoms with Crippen LogP contribution >= 0.6 is 15.9 Å². The molecular formula is C9H12BrN3O2. The third-order valence-corrected chi connectivity index (χ3v) is 3.13. The summed E-state index contributed by atoms with van der Waals surface area (Å²) in [6, 6.07) is 0. The highest BCUT2D eigenvalue weighted by atomic mass is 79.9. The average Bonchev–Trinajstić information content (AvgIpc) is 2.78. The molecule has 0 bridgehead atoms. The maximum atomic E-state index is 11.9. The van der Waals surface area contributed by atoms with Gasteiger partial charge in [-0.15, -0.1) is 0 Å². The molecule has 1 unspecified atom stereocenters. The van der Waals surface area contributed by atoms with Crippen LogP contribution in [-0.4, -0.2) is 28.3 Å². The number of nitrogens with one attached hydrogen (secondary N) is 2. The summed E-state index contributed by atoms with van der Waals surface area (Å²) in [5, 5.41) is 9.23. The van der Waals surface area contributed by atoms with Crippen LogP contribution in [0.25, 0.3) is 0 Å². The number of aromatic amines is 1. The largest absolute Gasteiger partial charge is 0.365 e. The van der Waals surface area contributed by atoms with Gasteiger partial charge in [-0.1, -0.05) is 0 Å². The first kappa shape index (κ1) is 10.6. The number of H-pyrrole nitrogens is 1. The van der Waals surface area contributed by atoms with E-state index in [9.17, 15) is 4.79 Å². The van der Waals surface area contributed by atoms with Crippen molar-refractivity contribution in [3.8, 4) is 0 Å². The van der Waals surface area contributed by atoms with Gasteiger partial charge in [0.05, 0.1) is 10.7 Å². The Bertz CT molecular complexity index is 371. The second-order valence-electron chi connectivity index (χ2n) is 3.73. The van der Waals surface area contributed by atoms with E-state index in [1.54, 1.807) is 13.1 Å². The molecule has 1 amide bonds. The van der Waals surface area contributed by atoms with Crippen molar-refractivity contribution in [1.29, 1.82) is 0 Å². The average molecular weight is 274 g/mol. The van der Waals surface area contributed by atoms with Gasteiger partial charge < -0.3 is 10.1 Å². The van der Waals surface area contributed by atoms with Crippen molar-refractivity contribution in [2.75, 3.05) is 11.9 Å². The Balaban J connectivity index is 2.07. The van der Waals surface area contributed by atoms with Gasteiger partial charge in [0.25, 0.3) is 5.91 Å². The zero-order valence-electron chi connectivity index (χ0n) is 8.34. The van der Waals surface area contributed by atoms with Crippen LogP contribution in [0, 0.1) is 0 Å². The normalized spacial score (nSPS) is 25.5. The van der Waals surface area contributed by atoms with Crippen molar-refractivity contribution in [2.24, 2.45) is 0 Å². The van der Waals surface area contributed by atoms with E-state index in [4.69, 9.17) is 4.74 Å². The predicted octanol–water partition coefficient (Wildman–Crippen LogP) is 1.68. The molecule has 2 heterocycles. The Morgan fingerprint density at radius 2 is 2.60 bits per heavy atom. The van der Waals surface area contributed by atoms with Crippen molar-refractivity contribution >= 4 is 27.7 Å². The standard InChI is InChI=1S/C9H12BrN3O2/c1-9(3-2-4-15-9)8(14)12-7-6(10)5-11-13-7/h5H,2-4H2,1H3,(H2,11,12,13,14). The number of amides is 1. The van der Waals surface area contributed by atoms with Crippen LogP contribution in [0.5, 0.6) is 0 Å². The van der Waals surface area contributed by atoms with Crippen molar-refractivity contribution in [2.45, 2.75) is 25.4 Å². The molecule has 1 atom stereocenters. The molecule has 2 N–H and O–H groups in total. The lowest BCUT2D eigenvalue weighted by molar-refractivity contribution is -0.133. The molecule has 1 aliphatic rings. The van der Waals surface area contributed by atoms with Crippen LogP contribution in [0.15, 0.2) is 10.7 Å². The van der Waals surface area contributed by atoms with Gasteiger partial charge in [0.2, 0.25) is 0 Å². The Labute approximate surface area is 95.7 Å². The van der Waals surface area contributed by atoms with Crippen LogP contribution < -0.4 is 5.32 Å². The Morgan fingerprint density at radius 3 is 3.13 bits per heavy atom. The zero-order chi connectivity index (χ0) is 10.9. The van der Waals surface area contributed by atoms with Gasteiger partial charge in [0, 0.05) is 6.61 Å². The topological polar surface area (TPSA) is 67.0 Å². The summed E-state index contributed by atoms with van der Waals surface area (Å²) in [5.74, 6) is 0.432. The van der Waals surface area contributed by atoms with E-state index >= 15 is 0 Å². The molecule has 1 saturated heterocycles. The summed E-state index contributed by atoms with van der Waals surface area (Å²) < 4.78 is 6.16. The first-order valence-electron chi connectivity index (χ1n) is 4.76. The lowest BCUT2D eigenvalue weighted by Gasteiger charge is -2.21. The molecular weight excluding hydrogens is 262 g/mol. The summed E-state index contributed by atoms with van der Waals surface area (Å²) in [5.41, 5.74) is -0.704. The van der Waals surface area contributed by atoms with Crippen molar-refractivity contribution in [1.82, 2.24) is 10.2 Å². The SMILES string of the molecule is CC1(C(=O)Nc2[nH]ncc2Br)CCCO1. The Hall–Kier alpha value is -0.880. The Kier molecular flexibility index (Phi) is 2.79. The van der Waals surface area contributed by atoms with Crippen LogP contribution in [0.4, 0.5) is 5.82 Å². The number of halogens is 1. The lowest BCUT2D eigenvalue weighted by atomic mass is 10.0. The number of ether oxygens (including phenoxy) is 1. The fourth-order valence-corrected chi connectivity index (χ4v) is 1.85. The second kappa shape index (κ2) is 3.94. The molecule has 1 aliphatic heterocycles. The molecule has 0 aliphatic carbocycles. The molecule has 0 radical (unpaired) electrons. The van der Waals surface area contributed by atoms with Gasteiger partial charge >= 0.3 is 0 Å². The number of nitrogens with zero attached hydrogens (tertiary/aromatic N) is 1. The smallest absolute Gasteiger partial charge is 0.257 e. The molecule has 0 spiro atoms. The van der Waals surface area contributed by atoms with E-state index in [1.165, 1.54) is 0 Å². The molecule has 0 aromatic carbocycles. The molecule has 1 fully saturated rings. The molecule has 1 aromatic rings. The van der Waals surface area contributed by atoms with Gasteiger partial charge in [-0.25, -0.2) is 0 Å². The summed E-state index contributed by atoms with van der Waals surface area (Å²) in [7, 11) is 0. The fourth-order valence-electron chi connectivity index (χ4n) is 1.56. The highest BCUT2D eigenvalue weighted by molar-refractivity contribution is 9.10. The van der Waals surface area contributed by atoms with E-state index in [0.717, 1.165) is 17.3 Å². The number of rotatable bonds is 2. The quantitative estimate of drug-likeness (QED) is 0.862. The summed E-state index contributed by atoms with van der Waals surface area (Å²) in [6.45, 7) is 2.45. The van der Waals surface area contributed by atoms with Gasteiger partial charge in [-0.3, -0.25) is 9.89 Å². The number of hydrogen-bond acceptors (Lipinski definition) is 3. The maximum absolute atomic E-state index is 11.9. The van der Waals surface area contributed by atoms with Crippen LogP contribution in [-0.2, 0) is 9.53 Å². The molecule has 0 saturated carbocycles. The number of carbonyl (C=O) groups excluding carboxylic acids is 1. The van der Waals surface area contributed by atoms with E-state index < -0.39 is 5.60 Å². The summed E-state index contributed by atoms with van der Waals surface area (Å²) in [6.07, 6.45) is 3.27. The molecule has 1 aromatic heterocycles. The van der Waals surface area contributed by atoms with E-state index in [2.05, 4.69) is 31.4 Å². The predicted molar refractivity (Wildman–Crippen MR) is 58.5 cm³/mol. The number of carbonyl (C=O) groups is 1. The fraction of sp³-hybridized carbons (Fsp3) is 0.556. The molecule has 5 nitrogen and oxygen atoms in total. The molecule has 82 valence electrons. The number of hydrogen-bond donors (Lipinski definition) is 2. The van der Waals surface area contributed by atoms with Crippen LogP contribution in [0.3, 0.4) is 0 Å². The van der Waals surface area contributed by atoms with Crippen molar-refractivity contribution in [3.63, 3.8) is 0 Å². The van der Waals surface area contributed by atoms with Crippen molar-refractivity contribution in [3.05, 3.63) is 10.7 Å². The van der Waals surface area contributed by atoms with Gasteiger partial charge in [0.15, 0.2) is 0 Å². The van der Waals surface area contributed by atoms with Gasteiger partial charge in [-0.2, -0.15) is 5.10 Å². The summed E-state index contributed by atoms with van der Waals surface area (Å²) >= 11 is 3.27. The third-order valence-electron chi connectivity index (χ3n) is 2.53. The first-order chi connectivity index (χ1) is 7.12. The molecule has 2 rings (SSSR count). The minimum Gasteiger partial charge on any atom is -0.365 e. The third kappa shape index (κ3) is 2.05. The van der Waals surface area contributed by atoms with Gasteiger partial charge in [0.1, 0.15) is 11.4 Å². The Morgan fingerprint density at radius 1 is 1.80 bits per heavy atom. The van der Waals surface area contributed by atoms with E-state index in [1.807, 2.05) is 0 Å². The van der Waals surface area contributed by atoms with E-state index in [0.29, 0.717) is 12.4 Å². The minimum atomic E-state index is -0.704. The zero-order valence-corrected chi connectivity index (χ0v) is 9.93. The molecule has 15 heavy (non-hydrogen) atoms. The summed E-state index contributed by atoms with van der Waals surface area (Å²) in [4.78, 5) is 11.9. The first-order valence-corrected chi connectivity index (χ1v) is 5.55. The number of aromatic nitrogens is 2. The maximum Gasteiger partial charge on any atom is 0.257 e. The van der Waals surface area contributed by atoms with Gasteiger partial charge in [-0.05, 0) is 35.7 Å². The molecule has 6 heteroatoms. The highest BCUT2D eigenvalue weighted by Crippen LogP contribution is 2.27.